The number of hydrogen-bond acceptors (Lipinski definition) is 7. The van der Waals surface area contributed by atoms with Gasteiger partial charge >= 0.3 is 0 Å². The Hall–Kier alpha value is 2.06. The second-order valence-electron chi connectivity index (χ2n) is 3.52. The van der Waals surface area contributed by atoms with Crippen LogP contribution in [-0.2, 0) is 0 Å². The fourth-order valence-electron chi connectivity index (χ4n) is 1.11. The molecule has 0 aromatic rings. The first kappa shape index (κ1) is 20.1. The summed E-state index contributed by atoms with van der Waals surface area (Å²) in [6.07, 6.45) is -0.232. The van der Waals surface area contributed by atoms with Crippen LogP contribution in [0.3, 0.4) is 0 Å². The van der Waals surface area contributed by atoms with Crippen LogP contribution < -0.4 is 0 Å². The normalized spacial score (nSPS) is 13.2. The monoisotopic (exact) mass is 364 g/mol. The van der Waals surface area contributed by atoms with Crippen LogP contribution in [0.4, 0.5) is 0 Å². The van der Waals surface area contributed by atoms with Gasteiger partial charge in [0.05, 0.1) is 10.7 Å². The molecule has 0 rings (SSSR count). The molecular formula is C11H24OS6. The molecule has 18 heavy (non-hydrogen) atoms. The Labute approximate surface area is 140 Å². The first-order valence-electron chi connectivity index (χ1n) is 6.00. The number of thioether (sulfide) groups is 4. The zero-order valence-corrected chi connectivity index (χ0v) is 15.8. The molecule has 0 saturated carbocycles. The second-order valence-corrected chi connectivity index (χ2v) is 9.66. The molecule has 1 nitrogen and oxygen atoms in total. The van der Waals surface area contributed by atoms with Gasteiger partial charge in [0.1, 0.15) is 0 Å². The molecule has 0 saturated heterocycles. The summed E-state index contributed by atoms with van der Waals surface area (Å²) in [5, 5.41) is 9.74. The van der Waals surface area contributed by atoms with Gasteiger partial charge in [0.25, 0.3) is 0 Å². The van der Waals surface area contributed by atoms with Gasteiger partial charge in [0.15, 0.2) is 0 Å². The molecule has 1 unspecified atom stereocenters. The van der Waals surface area contributed by atoms with Crippen LogP contribution in [0.2, 0.25) is 0 Å². The summed E-state index contributed by atoms with van der Waals surface area (Å²) in [7, 11) is 0. The van der Waals surface area contributed by atoms with E-state index in [2.05, 4.69) is 25.3 Å². The Morgan fingerprint density at radius 3 is 1.61 bits per heavy atom. The van der Waals surface area contributed by atoms with Crippen molar-refractivity contribution in [3.63, 3.8) is 0 Å². The van der Waals surface area contributed by atoms with Gasteiger partial charge in [-0.25, -0.2) is 0 Å². The quantitative estimate of drug-likeness (QED) is 0.263. The molecule has 0 aromatic heterocycles. The first-order chi connectivity index (χ1) is 8.72. The van der Waals surface area contributed by atoms with Crippen molar-refractivity contribution in [2.75, 3.05) is 46.0 Å². The van der Waals surface area contributed by atoms with Gasteiger partial charge in [-0.15, -0.1) is 23.5 Å². The van der Waals surface area contributed by atoms with E-state index < -0.39 is 0 Å². The van der Waals surface area contributed by atoms with Gasteiger partial charge in [-0.2, -0.15) is 48.8 Å². The molecule has 110 valence electrons. The minimum absolute atomic E-state index is 0.232. The molecular weight excluding hydrogens is 341 g/mol. The number of thiol groups is 2. The predicted octanol–water partition coefficient (Wildman–Crippen LogP) is 3.49. The summed E-state index contributed by atoms with van der Waals surface area (Å²) >= 11 is 16.0. The maximum atomic E-state index is 9.74. The standard InChI is InChI=1S/C11H24OS6/c1-10(12)11(17-8-6-15-4-2-13)18-9-7-16-5-3-14/h10-14H,2-9H2,1H3. The van der Waals surface area contributed by atoms with E-state index in [1.165, 1.54) is 0 Å². The van der Waals surface area contributed by atoms with Crippen LogP contribution in [0.15, 0.2) is 0 Å². The van der Waals surface area contributed by atoms with Crippen molar-refractivity contribution in [2.24, 2.45) is 0 Å². The van der Waals surface area contributed by atoms with Gasteiger partial charge in [0.2, 0.25) is 0 Å². The van der Waals surface area contributed by atoms with E-state index in [0.29, 0.717) is 4.58 Å². The van der Waals surface area contributed by atoms with Crippen LogP contribution in [0.25, 0.3) is 0 Å². The van der Waals surface area contributed by atoms with Crippen molar-refractivity contribution in [3.05, 3.63) is 0 Å². The Morgan fingerprint density at radius 1 is 0.833 bits per heavy atom. The molecule has 1 N–H and O–H groups in total. The molecule has 0 aliphatic heterocycles. The van der Waals surface area contributed by atoms with Gasteiger partial charge in [-0.1, -0.05) is 0 Å². The number of hydrogen-bond donors (Lipinski definition) is 3. The SMILES string of the molecule is CC(O)C(SCCSCCS)SCCSCCS. The van der Waals surface area contributed by atoms with E-state index >= 15 is 0 Å². The molecule has 0 aliphatic rings. The summed E-state index contributed by atoms with van der Waals surface area (Å²) in [4.78, 5) is 0. The van der Waals surface area contributed by atoms with Crippen LogP contribution in [0.5, 0.6) is 0 Å². The number of rotatable bonds is 13. The van der Waals surface area contributed by atoms with E-state index in [1.807, 2.05) is 54.0 Å². The Bertz CT molecular complexity index is 156. The predicted molar refractivity (Wildman–Crippen MR) is 103 cm³/mol. The third kappa shape index (κ3) is 13.1. The molecule has 0 bridgehead atoms. The van der Waals surface area contributed by atoms with Crippen molar-refractivity contribution in [3.8, 4) is 0 Å². The average Bonchev–Trinajstić information content (AvgIpc) is 2.35. The largest absolute Gasteiger partial charge is 0.391 e. The minimum atomic E-state index is -0.232. The smallest absolute Gasteiger partial charge is 0.0759 e. The second kappa shape index (κ2) is 15.4. The maximum Gasteiger partial charge on any atom is 0.0759 e. The number of aliphatic hydroxyl groups is 1. The molecule has 1 atom stereocenters. The van der Waals surface area contributed by atoms with Crippen molar-refractivity contribution in [2.45, 2.75) is 17.6 Å². The molecule has 0 fully saturated rings. The topological polar surface area (TPSA) is 20.2 Å². The van der Waals surface area contributed by atoms with E-state index in [4.69, 9.17) is 0 Å². The Morgan fingerprint density at radius 2 is 1.28 bits per heavy atom. The van der Waals surface area contributed by atoms with Gasteiger partial charge < -0.3 is 5.11 Å². The van der Waals surface area contributed by atoms with Crippen LogP contribution in [-0.4, -0.2) is 61.8 Å². The third-order valence-electron chi connectivity index (χ3n) is 1.88. The highest BCUT2D eigenvalue weighted by Gasteiger charge is 2.15. The lowest BCUT2D eigenvalue weighted by Gasteiger charge is -2.18. The van der Waals surface area contributed by atoms with Crippen LogP contribution in [0.1, 0.15) is 6.92 Å². The summed E-state index contributed by atoms with van der Waals surface area (Å²) in [5.74, 6) is 8.69. The highest BCUT2D eigenvalue weighted by Crippen LogP contribution is 2.28. The van der Waals surface area contributed by atoms with Crippen LogP contribution >= 0.6 is 72.3 Å². The molecule has 0 aliphatic carbocycles. The zero-order chi connectivity index (χ0) is 13.6. The van der Waals surface area contributed by atoms with Gasteiger partial charge in [-0.05, 0) is 18.4 Å². The molecule has 0 amide bonds. The summed E-state index contributed by atoms with van der Waals surface area (Å²) in [5.41, 5.74) is 0. The van der Waals surface area contributed by atoms with Crippen molar-refractivity contribution < 1.29 is 5.11 Å². The summed E-state index contributed by atoms with van der Waals surface area (Å²) in [6.45, 7) is 1.90. The van der Waals surface area contributed by atoms with E-state index in [-0.39, 0.29) is 6.10 Å². The Kier molecular flexibility index (Phi) is 17.2. The molecule has 0 spiro atoms. The first-order valence-corrected chi connectivity index (χ1v) is 11.7. The zero-order valence-electron chi connectivity index (χ0n) is 10.8. The summed E-state index contributed by atoms with van der Waals surface area (Å²) < 4.78 is 0.318. The lowest BCUT2D eigenvalue weighted by atomic mass is 10.5. The third-order valence-corrected chi connectivity index (χ3v) is 8.57. The van der Waals surface area contributed by atoms with E-state index in [9.17, 15) is 5.11 Å². The minimum Gasteiger partial charge on any atom is -0.391 e. The average molecular weight is 365 g/mol. The molecule has 0 aromatic carbocycles. The fraction of sp³-hybridized carbons (Fsp3) is 1.00. The molecule has 0 heterocycles. The lowest BCUT2D eigenvalue weighted by Crippen LogP contribution is -2.17. The van der Waals surface area contributed by atoms with E-state index in [1.54, 1.807) is 0 Å². The van der Waals surface area contributed by atoms with Gasteiger partial charge in [-0.3, -0.25) is 0 Å². The fourth-order valence-corrected chi connectivity index (χ4v) is 6.24. The van der Waals surface area contributed by atoms with Crippen molar-refractivity contribution in [1.82, 2.24) is 0 Å². The molecule has 0 radical (unpaired) electrons. The van der Waals surface area contributed by atoms with E-state index in [0.717, 1.165) is 46.0 Å². The van der Waals surface area contributed by atoms with Gasteiger partial charge in [0, 0.05) is 34.5 Å². The molecule has 7 heteroatoms. The maximum absolute atomic E-state index is 9.74. The highest BCUT2D eigenvalue weighted by atomic mass is 32.2. The van der Waals surface area contributed by atoms with Crippen molar-refractivity contribution >= 4 is 72.3 Å². The lowest BCUT2D eigenvalue weighted by molar-refractivity contribution is 0.213. The number of aliphatic hydroxyl groups excluding tert-OH is 1. The highest BCUT2D eigenvalue weighted by molar-refractivity contribution is 8.17. The Balaban J connectivity index is 3.53. The van der Waals surface area contributed by atoms with Crippen molar-refractivity contribution in [1.29, 1.82) is 0 Å². The van der Waals surface area contributed by atoms with Crippen LogP contribution in [0, 0.1) is 0 Å². The summed E-state index contributed by atoms with van der Waals surface area (Å²) in [6, 6.07) is 0.